The molecule has 1 saturated carbocycles. The summed E-state index contributed by atoms with van der Waals surface area (Å²) in [6, 6.07) is 0.237. The molecule has 3 atom stereocenters. The molecule has 1 N–H and O–H groups in total. The number of aryl methyl sites for hydroxylation is 2. The molecule has 2 aromatic heterocycles. The summed E-state index contributed by atoms with van der Waals surface area (Å²) in [4.78, 5) is 18.4. The molecule has 3 nitrogen and oxygen atoms in total. The predicted molar refractivity (Wildman–Crippen MR) is 92.0 cm³/mol. The van der Waals surface area contributed by atoms with E-state index < -0.39 is 0 Å². The van der Waals surface area contributed by atoms with Crippen LogP contribution in [0.5, 0.6) is 0 Å². The van der Waals surface area contributed by atoms with Crippen LogP contribution in [-0.4, -0.2) is 9.55 Å². The molecule has 2 heterocycles. The molecule has 0 bridgehead atoms. The minimum absolute atomic E-state index is 0.0991. The lowest BCUT2D eigenvalue weighted by Gasteiger charge is -2.33. The first-order chi connectivity index (χ1) is 9.90. The summed E-state index contributed by atoms with van der Waals surface area (Å²) in [6.07, 6.45) is 3.40. The molecule has 3 unspecified atom stereocenters. The van der Waals surface area contributed by atoms with Crippen molar-refractivity contribution in [2.45, 2.75) is 53.0 Å². The second-order valence-electron chi connectivity index (χ2n) is 6.56. The zero-order valence-electron chi connectivity index (χ0n) is 13.0. The smallest absolute Gasteiger partial charge is 0.263 e. The number of aromatic nitrogens is 2. The summed E-state index contributed by atoms with van der Waals surface area (Å²) in [6.45, 7) is 8.64. The predicted octanol–water partition coefficient (Wildman–Crippen LogP) is 4.73. The van der Waals surface area contributed by atoms with Crippen LogP contribution in [0.4, 0.5) is 0 Å². The zero-order chi connectivity index (χ0) is 15.3. The fourth-order valence-corrected chi connectivity index (χ4v) is 5.11. The highest BCUT2D eigenvalue weighted by molar-refractivity contribution is 7.71. The van der Waals surface area contributed by atoms with Crippen LogP contribution in [0.1, 0.15) is 49.6 Å². The highest BCUT2D eigenvalue weighted by atomic mass is 32.1. The number of fused-ring (bicyclic) bond motifs is 1. The first-order valence-electron chi connectivity index (χ1n) is 7.64. The Bertz CT molecular complexity index is 799. The molecule has 21 heavy (non-hydrogen) atoms. The maximum atomic E-state index is 13.0. The first-order valence-corrected chi connectivity index (χ1v) is 8.87. The van der Waals surface area contributed by atoms with Gasteiger partial charge in [0.1, 0.15) is 4.83 Å². The number of nitrogens with one attached hydrogen (secondary N) is 1. The molecule has 0 spiro atoms. The number of rotatable bonds is 1. The Hall–Kier alpha value is -0.940. The Kier molecular flexibility index (Phi) is 3.82. The van der Waals surface area contributed by atoms with Gasteiger partial charge in [-0.15, -0.1) is 11.3 Å². The van der Waals surface area contributed by atoms with Gasteiger partial charge in [0.25, 0.3) is 5.56 Å². The molecule has 0 aliphatic heterocycles. The Morgan fingerprint density at radius 2 is 2.00 bits per heavy atom. The van der Waals surface area contributed by atoms with Crippen molar-refractivity contribution < 1.29 is 0 Å². The molecule has 0 amide bonds. The highest BCUT2D eigenvalue weighted by Gasteiger charge is 2.29. The molecule has 5 heteroatoms. The zero-order valence-corrected chi connectivity index (χ0v) is 14.7. The molecule has 1 fully saturated rings. The third kappa shape index (κ3) is 2.40. The van der Waals surface area contributed by atoms with Gasteiger partial charge >= 0.3 is 0 Å². The molecule has 2 aromatic rings. The number of H-pyrrole nitrogens is 1. The third-order valence-electron chi connectivity index (χ3n) is 4.98. The lowest BCUT2D eigenvalue weighted by Crippen LogP contribution is -2.33. The monoisotopic (exact) mass is 322 g/mol. The Balaban J connectivity index is 2.21. The van der Waals surface area contributed by atoms with Gasteiger partial charge < -0.3 is 4.98 Å². The van der Waals surface area contributed by atoms with E-state index >= 15 is 0 Å². The maximum Gasteiger partial charge on any atom is 0.263 e. The largest absolute Gasteiger partial charge is 0.323 e. The SMILES string of the molecule is Cc1sc2[nH]c(=S)n(C3CCC(C)CC3C)c(=O)c2c1C. The van der Waals surface area contributed by atoms with Gasteiger partial charge in [-0.2, -0.15) is 0 Å². The van der Waals surface area contributed by atoms with Gasteiger partial charge in [-0.1, -0.05) is 13.8 Å². The average Bonchev–Trinajstić information content (AvgIpc) is 2.67. The second-order valence-corrected chi connectivity index (χ2v) is 8.17. The molecular weight excluding hydrogens is 300 g/mol. The highest BCUT2D eigenvalue weighted by Crippen LogP contribution is 2.36. The van der Waals surface area contributed by atoms with Gasteiger partial charge in [0.2, 0.25) is 0 Å². The minimum atomic E-state index is 0.0991. The van der Waals surface area contributed by atoms with Crippen LogP contribution in [0.15, 0.2) is 4.79 Å². The van der Waals surface area contributed by atoms with Crippen molar-refractivity contribution in [1.29, 1.82) is 0 Å². The summed E-state index contributed by atoms with van der Waals surface area (Å²) >= 11 is 7.12. The summed E-state index contributed by atoms with van der Waals surface area (Å²) in [5.41, 5.74) is 1.19. The lowest BCUT2D eigenvalue weighted by molar-refractivity contribution is 0.202. The van der Waals surface area contributed by atoms with Gasteiger partial charge in [-0.25, -0.2) is 0 Å². The van der Waals surface area contributed by atoms with Crippen molar-refractivity contribution in [3.8, 4) is 0 Å². The molecule has 3 rings (SSSR count). The molecule has 0 saturated heterocycles. The van der Waals surface area contributed by atoms with Crippen LogP contribution in [0, 0.1) is 30.5 Å². The molecule has 1 aliphatic rings. The number of nitrogens with zero attached hydrogens (tertiary/aromatic N) is 1. The average molecular weight is 322 g/mol. The minimum Gasteiger partial charge on any atom is -0.323 e. The van der Waals surface area contributed by atoms with E-state index in [4.69, 9.17) is 12.2 Å². The Labute approximate surface area is 134 Å². The van der Waals surface area contributed by atoms with Gasteiger partial charge in [-0.3, -0.25) is 9.36 Å². The van der Waals surface area contributed by atoms with Crippen molar-refractivity contribution in [1.82, 2.24) is 9.55 Å². The van der Waals surface area contributed by atoms with Crippen molar-refractivity contribution in [3.05, 3.63) is 25.6 Å². The van der Waals surface area contributed by atoms with E-state index in [2.05, 4.69) is 25.8 Å². The van der Waals surface area contributed by atoms with Gasteiger partial charge in [0.15, 0.2) is 4.77 Å². The van der Waals surface area contributed by atoms with Crippen LogP contribution >= 0.6 is 23.6 Å². The summed E-state index contributed by atoms with van der Waals surface area (Å²) in [5.74, 6) is 1.25. The van der Waals surface area contributed by atoms with E-state index in [1.165, 1.54) is 17.7 Å². The van der Waals surface area contributed by atoms with Gasteiger partial charge in [0, 0.05) is 10.9 Å². The van der Waals surface area contributed by atoms with Crippen LogP contribution < -0.4 is 5.56 Å². The van der Waals surface area contributed by atoms with Crippen LogP contribution in [0.3, 0.4) is 0 Å². The normalized spacial score (nSPS) is 26.4. The summed E-state index contributed by atoms with van der Waals surface area (Å²) in [5, 5.41) is 0.830. The standard InChI is InChI=1S/C16H22N2OS2/c1-8-5-6-12(9(2)7-8)18-15(19)13-10(3)11(4)21-14(13)17-16(18)20/h8-9,12H,5-7H2,1-4H3,(H,17,20). The summed E-state index contributed by atoms with van der Waals surface area (Å²) < 4.78 is 2.44. The van der Waals surface area contributed by atoms with Crippen LogP contribution in [0.25, 0.3) is 10.2 Å². The number of thiophene rings is 1. The van der Waals surface area contributed by atoms with E-state index in [1.807, 2.05) is 11.5 Å². The van der Waals surface area contributed by atoms with Crippen LogP contribution in [0.2, 0.25) is 0 Å². The quantitative estimate of drug-likeness (QED) is 0.770. The lowest BCUT2D eigenvalue weighted by atomic mass is 9.80. The Morgan fingerprint density at radius 1 is 1.29 bits per heavy atom. The Morgan fingerprint density at radius 3 is 2.67 bits per heavy atom. The number of aromatic amines is 1. The van der Waals surface area contributed by atoms with Crippen molar-refractivity contribution in [3.63, 3.8) is 0 Å². The third-order valence-corrected chi connectivity index (χ3v) is 6.40. The van der Waals surface area contributed by atoms with Crippen molar-refractivity contribution in [2.75, 3.05) is 0 Å². The topological polar surface area (TPSA) is 37.8 Å². The van der Waals surface area contributed by atoms with E-state index in [9.17, 15) is 4.79 Å². The van der Waals surface area contributed by atoms with Crippen LogP contribution in [-0.2, 0) is 0 Å². The van der Waals surface area contributed by atoms with E-state index in [0.29, 0.717) is 10.7 Å². The molecule has 0 aromatic carbocycles. The maximum absolute atomic E-state index is 13.0. The van der Waals surface area contributed by atoms with Gasteiger partial charge in [-0.05, 0) is 62.7 Å². The van der Waals surface area contributed by atoms with E-state index in [-0.39, 0.29) is 11.6 Å². The fraction of sp³-hybridized carbons (Fsp3) is 0.625. The fourth-order valence-electron chi connectivity index (χ4n) is 3.68. The molecule has 114 valence electrons. The first kappa shape index (κ1) is 15.0. The van der Waals surface area contributed by atoms with Crippen molar-refractivity contribution in [2.24, 2.45) is 11.8 Å². The molecule has 1 aliphatic carbocycles. The number of hydrogen-bond acceptors (Lipinski definition) is 3. The molecular formula is C16H22N2OS2. The van der Waals surface area contributed by atoms with Crippen molar-refractivity contribution >= 4 is 33.8 Å². The van der Waals surface area contributed by atoms with Gasteiger partial charge in [0.05, 0.1) is 5.39 Å². The van der Waals surface area contributed by atoms with E-state index in [0.717, 1.165) is 28.1 Å². The summed E-state index contributed by atoms with van der Waals surface area (Å²) in [7, 11) is 0. The number of hydrogen-bond donors (Lipinski definition) is 1. The van der Waals surface area contributed by atoms with E-state index in [1.54, 1.807) is 11.3 Å². The second kappa shape index (κ2) is 5.36. The molecule has 0 radical (unpaired) electrons.